The number of imide groups is 1. The molecule has 1 aromatic carbocycles. The zero-order chi connectivity index (χ0) is 27.1. The van der Waals surface area contributed by atoms with Gasteiger partial charge in [-0.1, -0.05) is 39.5 Å². The number of fused-ring (bicyclic) bond motifs is 1. The van der Waals surface area contributed by atoms with Gasteiger partial charge in [0, 0.05) is 18.2 Å². The second kappa shape index (κ2) is 10.3. The first-order valence-electron chi connectivity index (χ1n) is 12.9. The molecule has 0 bridgehead atoms. The fraction of sp³-hybridized carbons (Fsp3) is 0.630. The van der Waals surface area contributed by atoms with Gasteiger partial charge >= 0.3 is 11.9 Å². The third-order valence-electron chi connectivity index (χ3n) is 8.60. The molecule has 2 saturated heterocycles. The van der Waals surface area contributed by atoms with Crippen LogP contribution < -0.4 is 14.8 Å². The number of carbonyl (C=O) groups excluding carboxylic acids is 3. The first-order chi connectivity index (χ1) is 17.7. The standard InChI is InChI=1S/C27H36N2O8/c1-6-14(2)27(26(33)34)21-20(23(30)29(24(21)31)15-10-8-7-9-11-15)22(28-27)17-12-16(35-3)13-18(36-4)19(17)25(32)37-5/h12-15,20-22,28H,6-11H2,1-5H3,(H,33,34). The van der Waals surface area contributed by atoms with Crippen LogP contribution >= 0.6 is 0 Å². The van der Waals surface area contributed by atoms with Gasteiger partial charge < -0.3 is 19.3 Å². The highest BCUT2D eigenvalue weighted by Crippen LogP contribution is 2.54. The molecule has 202 valence electrons. The molecule has 1 saturated carbocycles. The van der Waals surface area contributed by atoms with Gasteiger partial charge in [0.05, 0.1) is 33.2 Å². The van der Waals surface area contributed by atoms with E-state index in [2.05, 4.69) is 5.32 Å². The van der Waals surface area contributed by atoms with Crippen molar-refractivity contribution in [3.63, 3.8) is 0 Å². The molecule has 1 aliphatic carbocycles. The number of nitrogens with one attached hydrogen (secondary N) is 1. The van der Waals surface area contributed by atoms with E-state index in [1.165, 1.54) is 32.3 Å². The number of nitrogens with zero attached hydrogens (tertiary/aromatic N) is 1. The summed E-state index contributed by atoms with van der Waals surface area (Å²) in [5.74, 6) is -4.85. The molecule has 1 aromatic rings. The maximum atomic E-state index is 14.1. The Morgan fingerprint density at radius 2 is 1.78 bits per heavy atom. The first-order valence-corrected chi connectivity index (χ1v) is 12.9. The number of carboxylic acid groups (broad SMARTS) is 1. The summed E-state index contributed by atoms with van der Waals surface area (Å²) in [5, 5.41) is 13.8. The number of amides is 2. The fourth-order valence-electron chi connectivity index (χ4n) is 6.57. The van der Waals surface area contributed by atoms with Crippen LogP contribution in [0.25, 0.3) is 0 Å². The maximum Gasteiger partial charge on any atom is 0.341 e. The van der Waals surface area contributed by atoms with Gasteiger partial charge in [0.15, 0.2) is 0 Å². The third kappa shape index (κ3) is 4.05. The number of carboxylic acids is 1. The number of esters is 1. The Labute approximate surface area is 216 Å². The molecule has 5 unspecified atom stereocenters. The van der Waals surface area contributed by atoms with Gasteiger partial charge in [0.25, 0.3) is 0 Å². The van der Waals surface area contributed by atoms with E-state index in [-0.39, 0.29) is 17.4 Å². The number of hydrogen-bond acceptors (Lipinski definition) is 8. The van der Waals surface area contributed by atoms with Crippen molar-refractivity contribution in [2.24, 2.45) is 17.8 Å². The van der Waals surface area contributed by atoms with Crippen LogP contribution in [0.5, 0.6) is 11.5 Å². The van der Waals surface area contributed by atoms with E-state index in [0.29, 0.717) is 30.6 Å². The van der Waals surface area contributed by atoms with E-state index in [1.54, 1.807) is 13.0 Å². The van der Waals surface area contributed by atoms with Crippen LogP contribution in [0, 0.1) is 17.8 Å². The summed E-state index contributed by atoms with van der Waals surface area (Å²) in [7, 11) is 4.08. The molecule has 10 heteroatoms. The van der Waals surface area contributed by atoms with Crippen molar-refractivity contribution in [1.82, 2.24) is 10.2 Å². The van der Waals surface area contributed by atoms with Crippen molar-refractivity contribution in [1.29, 1.82) is 0 Å². The molecule has 4 rings (SSSR count). The topological polar surface area (TPSA) is 131 Å². The molecular weight excluding hydrogens is 480 g/mol. The second-order valence-corrected chi connectivity index (χ2v) is 10.2. The Balaban J connectivity index is 1.95. The molecular formula is C27H36N2O8. The highest BCUT2D eigenvalue weighted by atomic mass is 16.5. The van der Waals surface area contributed by atoms with Crippen LogP contribution in [0.15, 0.2) is 12.1 Å². The highest BCUT2D eigenvalue weighted by molar-refractivity contribution is 6.10. The SMILES string of the molecule is CCC(C)C1(C(=O)O)NC(c2cc(OC)cc(OC)c2C(=O)OC)C2C(=O)N(C3CCCCC3)C(=O)C21. The lowest BCUT2D eigenvalue weighted by molar-refractivity contribution is -0.155. The van der Waals surface area contributed by atoms with E-state index in [4.69, 9.17) is 14.2 Å². The Morgan fingerprint density at radius 1 is 1.11 bits per heavy atom. The van der Waals surface area contributed by atoms with Crippen LogP contribution in [0.1, 0.15) is 74.3 Å². The van der Waals surface area contributed by atoms with Crippen LogP contribution in [-0.4, -0.2) is 66.7 Å². The van der Waals surface area contributed by atoms with Crippen LogP contribution in [0.4, 0.5) is 0 Å². The van der Waals surface area contributed by atoms with E-state index in [0.717, 1.165) is 19.3 Å². The monoisotopic (exact) mass is 516 g/mol. The number of methoxy groups -OCH3 is 3. The summed E-state index contributed by atoms with van der Waals surface area (Å²) in [6.45, 7) is 3.63. The van der Waals surface area contributed by atoms with E-state index >= 15 is 0 Å². The average Bonchev–Trinajstić information content (AvgIpc) is 3.41. The normalized spacial score (nSPS) is 28.7. The van der Waals surface area contributed by atoms with E-state index in [9.17, 15) is 24.3 Å². The summed E-state index contributed by atoms with van der Waals surface area (Å²) >= 11 is 0. The van der Waals surface area contributed by atoms with Crippen LogP contribution in [0.2, 0.25) is 0 Å². The Kier molecular flexibility index (Phi) is 7.50. The molecule has 37 heavy (non-hydrogen) atoms. The molecule has 0 radical (unpaired) electrons. The number of likely N-dealkylation sites (tertiary alicyclic amines) is 1. The smallest absolute Gasteiger partial charge is 0.341 e. The van der Waals surface area contributed by atoms with Gasteiger partial charge in [-0.25, -0.2) is 4.79 Å². The fourth-order valence-corrected chi connectivity index (χ4v) is 6.57. The lowest BCUT2D eigenvalue weighted by Gasteiger charge is -2.37. The second-order valence-electron chi connectivity index (χ2n) is 10.2. The first kappa shape index (κ1) is 26.9. The average molecular weight is 517 g/mol. The molecule has 3 aliphatic rings. The predicted molar refractivity (Wildman–Crippen MR) is 132 cm³/mol. The third-order valence-corrected chi connectivity index (χ3v) is 8.60. The van der Waals surface area contributed by atoms with Crippen LogP contribution in [0.3, 0.4) is 0 Å². The van der Waals surface area contributed by atoms with Gasteiger partial charge in [-0.15, -0.1) is 0 Å². The maximum absolute atomic E-state index is 14.1. The molecule has 0 aromatic heterocycles. The van der Waals surface area contributed by atoms with Crippen LogP contribution in [-0.2, 0) is 19.1 Å². The predicted octanol–water partition coefficient (Wildman–Crippen LogP) is 2.94. The van der Waals surface area contributed by atoms with Crippen molar-refractivity contribution in [2.75, 3.05) is 21.3 Å². The Bertz CT molecular complexity index is 1100. The lowest BCUT2D eigenvalue weighted by atomic mass is 9.71. The van der Waals surface area contributed by atoms with Crippen molar-refractivity contribution in [2.45, 2.75) is 70.0 Å². The minimum absolute atomic E-state index is 0.0590. The summed E-state index contributed by atoms with van der Waals surface area (Å²) in [5.41, 5.74) is -1.34. The number of carbonyl (C=O) groups is 4. The Morgan fingerprint density at radius 3 is 2.32 bits per heavy atom. The van der Waals surface area contributed by atoms with Crippen molar-refractivity contribution >= 4 is 23.8 Å². The summed E-state index contributed by atoms with van der Waals surface area (Å²) < 4.78 is 15.9. The number of benzene rings is 1. The number of aliphatic carboxylic acids is 1. The molecule has 3 fully saturated rings. The zero-order valence-electron chi connectivity index (χ0n) is 22.0. The van der Waals surface area contributed by atoms with Gasteiger partial charge in [-0.05, 0) is 30.4 Å². The molecule has 10 nitrogen and oxygen atoms in total. The minimum atomic E-state index is -1.70. The molecule has 0 spiro atoms. The number of ether oxygens (including phenoxy) is 3. The lowest BCUT2D eigenvalue weighted by Crippen LogP contribution is -2.60. The Hall–Kier alpha value is -3.14. The quantitative estimate of drug-likeness (QED) is 0.395. The van der Waals surface area contributed by atoms with Crippen molar-refractivity contribution in [3.05, 3.63) is 23.3 Å². The molecule has 2 aliphatic heterocycles. The van der Waals surface area contributed by atoms with Crippen molar-refractivity contribution < 1.29 is 38.5 Å². The molecule has 2 amide bonds. The van der Waals surface area contributed by atoms with Gasteiger partial charge in [-0.3, -0.25) is 24.6 Å². The molecule has 2 heterocycles. The number of hydrogen-bond donors (Lipinski definition) is 2. The van der Waals surface area contributed by atoms with E-state index in [1.807, 2.05) is 6.92 Å². The zero-order valence-corrected chi connectivity index (χ0v) is 22.0. The summed E-state index contributed by atoms with van der Waals surface area (Å²) in [6, 6.07) is 1.90. The summed E-state index contributed by atoms with van der Waals surface area (Å²) in [4.78, 5) is 55.4. The van der Waals surface area contributed by atoms with Gasteiger partial charge in [0.1, 0.15) is 22.6 Å². The van der Waals surface area contributed by atoms with Gasteiger partial charge in [0.2, 0.25) is 11.8 Å². The largest absolute Gasteiger partial charge is 0.497 e. The van der Waals surface area contributed by atoms with E-state index < -0.39 is 53.1 Å². The van der Waals surface area contributed by atoms with Crippen molar-refractivity contribution in [3.8, 4) is 11.5 Å². The molecule has 5 atom stereocenters. The highest BCUT2D eigenvalue weighted by Gasteiger charge is 2.70. The summed E-state index contributed by atoms with van der Waals surface area (Å²) in [6.07, 6.45) is 4.74. The molecule has 2 N–H and O–H groups in total. The number of rotatable bonds is 8. The minimum Gasteiger partial charge on any atom is -0.497 e. The van der Waals surface area contributed by atoms with Gasteiger partial charge in [-0.2, -0.15) is 0 Å².